The molecule has 1 aliphatic rings. The van der Waals surface area contributed by atoms with Gasteiger partial charge in [0.25, 0.3) is 0 Å². The molecule has 0 unspecified atom stereocenters. The van der Waals surface area contributed by atoms with Gasteiger partial charge in [-0.1, -0.05) is 46.8 Å². The predicted octanol–water partition coefficient (Wildman–Crippen LogP) is 6.30. The molecule has 0 bridgehead atoms. The van der Waals surface area contributed by atoms with Gasteiger partial charge in [-0.2, -0.15) is 0 Å². The lowest BCUT2D eigenvalue weighted by Gasteiger charge is -2.23. The van der Waals surface area contributed by atoms with Gasteiger partial charge in [0.2, 0.25) is 0 Å². The first-order valence-corrected chi connectivity index (χ1v) is 12.5. The molecule has 0 atom stereocenters. The third-order valence-electron chi connectivity index (χ3n) is 5.06. The molecule has 1 aliphatic carbocycles. The van der Waals surface area contributed by atoms with Gasteiger partial charge >= 0.3 is 12.1 Å². The van der Waals surface area contributed by atoms with Crippen molar-refractivity contribution in [3.63, 3.8) is 0 Å². The summed E-state index contributed by atoms with van der Waals surface area (Å²) in [6, 6.07) is 4.83. The van der Waals surface area contributed by atoms with Crippen molar-refractivity contribution >= 4 is 56.7 Å². The Morgan fingerprint density at radius 1 is 1.03 bits per heavy atom. The summed E-state index contributed by atoms with van der Waals surface area (Å²) in [5.74, 6) is -1.47. The maximum atomic E-state index is 12.5. The fourth-order valence-electron chi connectivity index (χ4n) is 3.45. The van der Waals surface area contributed by atoms with E-state index >= 15 is 0 Å². The molecular weight excluding hydrogens is 557 g/mol. The molecule has 0 saturated heterocycles. The number of nitrogens with two attached hydrogens (primary N) is 1. The van der Waals surface area contributed by atoms with Crippen molar-refractivity contribution in [2.75, 3.05) is 16.4 Å². The van der Waals surface area contributed by atoms with Crippen molar-refractivity contribution in [3.05, 3.63) is 39.6 Å². The van der Waals surface area contributed by atoms with E-state index < -0.39 is 23.1 Å². The molecule has 0 heterocycles. The van der Waals surface area contributed by atoms with E-state index in [1.165, 1.54) is 24.6 Å². The van der Waals surface area contributed by atoms with Gasteiger partial charge in [-0.3, -0.25) is 0 Å². The quantitative estimate of drug-likeness (QED) is 0.128. The number of halogens is 3. The molecule has 9 nitrogen and oxygen atoms in total. The molecule has 3 rings (SSSR count). The normalized spacial score (nSPS) is 13.7. The molecule has 4 amide bonds. The highest BCUT2D eigenvalue weighted by Crippen LogP contribution is 2.35. The SMILES string of the molecule is CC(C)(C)NC(=O)Nc1cc(NC(=O)NC2CCCCC2)cc(Cl)c1O.Nc1cc(Br)cc(F)c1O. The van der Waals surface area contributed by atoms with Crippen LogP contribution in [0.5, 0.6) is 11.5 Å². The van der Waals surface area contributed by atoms with Crippen LogP contribution in [0.25, 0.3) is 0 Å². The minimum Gasteiger partial charge on any atom is -0.504 e. The molecule has 198 valence electrons. The van der Waals surface area contributed by atoms with Crippen molar-refractivity contribution in [1.82, 2.24) is 10.6 Å². The molecule has 8 N–H and O–H groups in total. The van der Waals surface area contributed by atoms with Crippen LogP contribution in [0, 0.1) is 5.82 Å². The number of benzene rings is 2. The molecule has 1 saturated carbocycles. The molecule has 2 aromatic rings. The minimum atomic E-state index is -0.716. The van der Waals surface area contributed by atoms with Crippen molar-refractivity contribution in [2.24, 2.45) is 0 Å². The Morgan fingerprint density at radius 2 is 1.67 bits per heavy atom. The van der Waals surface area contributed by atoms with Crippen molar-refractivity contribution in [1.29, 1.82) is 0 Å². The summed E-state index contributed by atoms with van der Waals surface area (Å²) in [5, 5.41) is 29.8. The van der Waals surface area contributed by atoms with Gasteiger partial charge < -0.3 is 37.2 Å². The summed E-state index contributed by atoms with van der Waals surface area (Å²) in [6.07, 6.45) is 5.39. The van der Waals surface area contributed by atoms with E-state index in [4.69, 9.17) is 22.4 Å². The highest BCUT2D eigenvalue weighted by atomic mass is 79.9. The van der Waals surface area contributed by atoms with Gasteiger partial charge in [-0.25, -0.2) is 14.0 Å². The van der Waals surface area contributed by atoms with E-state index in [0.717, 1.165) is 31.7 Å². The molecule has 1 fully saturated rings. The molecule has 0 spiro atoms. The zero-order chi connectivity index (χ0) is 27.0. The molecule has 2 aromatic carbocycles. The van der Waals surface area contributed by atoms with E-state index in [1.807, 2.05) is 20.8 Å². The Kier molecular flexibility index (Phi) is 10.5. The van der Waals surface area contributed by atoms with Crippen LogP contribution >= 0.6 is 27.5 Å². The van der Waals surface area contributed by atoms with Crippen LogP contribution in [0.2, 0.25) is 5.02 Å². The second-order valence-corrected chi connectivity index (χ2v) is 10.8. The number of phenolic OH excluding ortho intramolecular Hbond substituents is 2. The smallest absolute Gasteiger partial charge is 0.319 e. The second kappa shape index (κ2) is 12.9. The molecule has 0 aromatic heterocycles. The van der Waals surface area contributed by atoms with E-state index in [-0.39, 0.29) is 34.2 Å². The van der Waals surface area contributed by atoms with Crippen LogP contribution in [-0.4, -0.2) is 33.9 Å². The topological polar surface area (TPSA) is 149 Å². The standard InChI is InChI=1S/C18H27ClN4O3.C6H5BrFNO/c1-18(2,3)23-17(26)22-14-10-12(9-13(19)15(14)24)21-16(25)20-11-7-5-4-6-8-11;7-3-1-4(8)6(10)5(9)2-3/h9-11,24H,4-8H2,1-3H3,(H2,20,21,25)(H2,22,23,26);1-2,10H,9H2. The summed E-state index contributed by atoms with van der Waals surface area (Å²) in [6.45, 7) is 5.52. The molecule has 12 heteroatoms. The van der Waals surface area contributed by atoms with Crippen molar-refractivity contribution in [2.45, 2.75) is 64.5 Å². The molecule has 36 heavy (non-hydrogen) atoms. The molecule has 0 aliphatic heterocycles. The Balaban J connectivity index is 0.000000380. The van der Waals surface area contributed by atoms with E-state index in [9.17, 15) is 19.1 Å². The lowest BCUT2D eigenvalue weighted by Crippen LogP contribution is -2.43. The number of carbonyl (C=O) groups is 2. The van der Waals surface area contributed by atoms with E-state index in [1.54, 1.807) is 0 Å². The number of urea groups is 2. The third-order valence-corrected chi connectivity index (χ3v) is 5.80. The monoisotopic (exact) mass is 587 g/mol. The Morgan fingerprint density at radius 3 is 2.25 bits per heavy atom. The predicted molar refractivity (Wildman–Crippen MR) is 144 cm³/mol. The van der Waals surface area contributed by atoms with Crippen LogP contribution in [0.4, 0.5) is 31.0 Å². The zero-order valence-electron chi connectivity index (χ0n) is 20.3. The van der Waals surface area contributed by atoms with Crippen molar-refractivity contribution in [3.8, 4) is 11.5 Å². The highest BCUT2D eigenvalue weighted by Gasteiger charge is 2.19. The van der Waals surface area contributed by atoms with Crippen LogP contribution in [0.1, 0.15) is 52.9 Å². The number of rotatable bonds is 3. The van der Waals surface area contributed by atoms with Crippen LogP contribution in [0.3, 0.4) is 0 Å². The lowest BCUT2D eigenvalue weighted by molar-refractivity contribution is 0.243. The first-order chi connectivity index (χ1) is 16.7. The van der Waals surface area contributed by atoms with E-state index in [0.29, 0.717) is 10.2 Å². The number of aromatic hydroxyl groups is 2. The summed E-state index contributed by atoms with van der Waals surface area (Å²) < 4.78 is 13.0. The van der Waals surface area contributed by atoms with Gasteiger partial charge in [-0.05, 0) is 57.9 Å². The summed E-state index contributed by atoms with van der Waals surface area (Å²) in [7, 11) is 0. The largest absolute Gasteiger partial charge is 0.504 e. The number of carbonyl (C=O) groups excluding carboxylic acids is 2. The van der Waals surface area contributed by atoms with Crippen LogP contribution < -0.4 is 27.0 Å². The van der Waals surface area contributed by atoms with Gasteiger partial charge in [0.15, 0.2) is 17.3 Å². The maximum absolute atomic E-state index is 12.5. The van der Waals surface area contributed by atoms with E-state index in [2.05, 4.69) is 37.2 Å². The number of nitrogen functional groups attached to an aromatic ring is 1. The number of hydrogen-bond acceptors (Lipinski definition) is 5. The fraction of sp³-hybridized carbons (Fsp3) is 0.417. The van der Waals surface area contributed by atoms with Gasteiger partial charge in [0.1, 0.15) is 0 Å². The number of phenols is 2. The third kappa shape index (κ3) is 9.62. The highest BCUT2D eigenvalue weighted by molar-refractivity contribution is 9.10. The van der Waals surface area contributed by atoms with Crippen molar-refractivity contribution < 1.29 is 24.2 Å². The summed E-state index contributed by atoms with van der Waals surface area (Å²) in [4.78, 5) is 24.2. The number of amides is 4. The van der Waals surface area contributed by atoms with Crippen LogP contribution in [0.15, 0.2) is 28.7 Å². The number of hydrogen-bond donors (Lipinski definition) is 7. The number of anilines is 3. The summed E-state index contributed by atoms with van der Waals surface area (Å²) in [5.41, 5.74) is 5.30. The van der Waals surface area contributed by atoms with Crippen LogP contribution in [-0.2, 0) is 0 Å². The number of nitrogens with one attached hydrogen (secondary N) is 4. The maximum Gasteiger partial charge on any atom is 0.319 e. The first kappa shape index (κ1) is 29.3. The second-order valence-electron chi connectivity index (χ2n) is 9.44. The summed E-state index contributed by atoms with van der Waals surface area (Å²) >= 11 is 9.03. The lowest BCUT2D eigenvalue weighted by atomic mass is 9.96. The first-order valence-electron chi connectivity index (χ1n) is 11.4. The van der Waals surface area contributed by atoms with Gasteiger partial charge in [-0.15, -0.1) is 0 Å². The fourth-order valence-corrected chi connectivity index (χ4v) is 4.11. The average molecular weight is 589 g/mol. The van der Waals surface area contributed by atoms with Gasteiger partial charge in [0, 0.05) is 21.7 Å². The molecule has 0 radical (unpaired) electrons. The zero-order valence-corrected chi connectivity index (χ0v) is 22.7. The minimum absolute atomic E-state index is 0.0338. The Labute approximate surface area is 223 Å². The average Bonchev–Trinajstić information content (AvgIpc) is 2.75. The Bertz CT molecular complexity index is 1070. The Hall–Kier alpha value is -2.92. The molecular formula is C24H32BrClFN5O4. The van der Waals surface area contributed by atoms with Gasteiger partial charge in [0.05, 0.1) is 16.4 Å².